The van der Waals surface area contributed by atoms with Gasteiger partial charge in [-0.25, -0.2) is 0 Å². The smallest absolute Gasteiger partial charge is 0.0662 e. The van der Waals surface area contributed by atoms with E-state index in [0.29, 0.717) is 6.04 Å². The summed E-state index contributed by atoms with van der Waals surface area (Å²) in [4.78, 5) is 0. The van der Waals surface area contributed by atoms with Crippen LogP contribution >= 0.6 is 15.9 Å². The van der Waals surface area contributed by atoms with Crippen LogP contribution in [0.1, 0.15) is 41.3 Å². The zero-order valence-electron chi connectivity index (χ0n) is 14.2. The predicted octanol–water partition coefficient (Wildman–Crippen LogP) is 4.86. The van der Waals surface area contributed by atoms with Gasteiger partial charge in [0.1, 0.15) is 0 Å². The van der Waals surface area contributed by atoms with Crippen molar-refractivity contribution in [1.82, 2.24) is 15.1 Å². The minimum Gasteiger partial charge on any atom is -0.306 e. The number of benzene rings is 2. The molecule has 1 aromatic heterocycles. The molecule has 0 bridgehead atoms. The average molecular weight is 396 g/mol. The zero-order valence-corrected chi connectivity index (χ0v) is 15.7. The first-order valence-electron chi connectivity index (χ1n) is 8.86. The van der Waals surface area contributed by atoms with E-state index < -0.39 is 0 Å². The quantitative estimate of drug-likeness (QED) is 0.668. The molecule has 0 spiro atoms. The monoisotopic (exact) mass is 395 g/mol. The Morgan fingerprint density at radius 1 is 1.04 bits per heavy atom. The maximum Gasteiger partial charge on any atom is 0.0662 e. The molecule has 4 rings (SSSR count). The van der Waals surface area contributed by atoms with E-state index in [4.69, 9.17) is 0 Å². The van der Waals surface area contributed by atoms with Gasteiger partial charge >= 0.3 is 0 Å². The molecule has 0 saturated heterocycles. The molecular formula is C21H22BrN3. The minimum atomic E-state index is 0.400. The van der Waals surface area contributed by atoms with Gasteiger partial charge in [0, 0.05) is 28.3 Å². The normalized spacial score (nSPS) is 16.6. The van der Waals surface area contributed by atoms with E-state index in [0.717, 1.165) is 24.0 Å². The third kappa shape index (κ3) is 3.86. The molecule has 3 aromatic rings. The summed E-state index contributed by atoms with van der Waals surface area (Å²) in [7, 11) is 0. The minimum absolute atomic E-state index is 0.400. The van der Waals surface area contributed by atoms with Crippen molar-refractivity contribution in [3.63, 3.8) is 0 Å². The van der Waals surface area contributed by atoms with Gasteiger partial charge in [0.15, 0.2) is 0 Å². The molecule has 0 unspecified atom stereocenters. The third-order valence-electron chi connectivity index (χ3n) is 4.90. The largest absolute Gasteiger partial charge is 0.306 e. The van der Waals surface area contributed by atoms with Gasteiger partial charge in [-0.15, -0.1) is 0 Å². The summed E-state index contributed by atoms with van der Waals surface area (Å²) < 4.78 is 3.30. The lowest BCUT2D eigenvalue weighted by Crippen LogP contribution is -2.25. The third-order valence-corrected chi connectivity index (χ3v) is 5.43. The fourth-order valence-corrected chi connectivity index (χ4v) is 3.83. The first kappa shape index (κ1) is 16.6. The van der Waals surface area contributed by atoms with E-state index in [1.165, 1.54) is 35.2 Å². The summed E-state index contributed by atoms with van der Waals surface area (Å²) in [5, 5.41) is 8.40. The summed E-state index contributed by atoms with van der Waals surface area (Å²) in [6, 6.07) is 19.5. The van der Waals surface area contributed by atoms with Gasteiger partial charge in [-0.3, -0.25) is 4.68 Å². The zero-order chi connectivity index (χ0) is 17.1. The second-order valence-electron chi connectivity index (χ2n) is 6.64. The molecule has 128 valence electrons. The van der Waals surface area contributed by atoms with Crippen molar-refractivity contribution >= 4 is 15.9 Å². The van der Waals surface area contributed by atoms with Crippen LogP contribution in [0.4, 0.5) is 0 Å². The molecule has 1 aliphatic carbocycles. The Kier molecular flexibility index (Phi) is 4.99. The Bertz CT molecular complexity index is 824. The highest BCUT2D eigenvalue weighted by atomic mass is 79.9. The van der Waals surface area contributed by atoms with Crippen LogP contribution in [0.5, 0.6) is 0 Å². The van der Waals surface area contributed by atoms with Crippen molar-refractivity contribution in [2.75, 3.05) is 0 Å². The first-order valence-corrected chi connectivity index (χ1v) is 9.65. The SMILES string of the molecule is Brc1ccc(CN[C@@H]2CCCc3c2cnn3Cc2ccccc2)cc1. The molecule has 2 aromatic carbocycles. The lowest BCUT2D eigenvalue weighted by atomic mass is 9.92. The fourth-order valence-electron chi connectivity index (χ4n) is 3.57. The van der Waals surface area contributed by atoms with Gasteiger partial charge in [-0.05, 0) is 42.5 Å². The van der Waals surface area contributed by atoms with E-state index in [1.54, 1.807) is 0 Å². The van der Waals surface area contributed by atoms with E-state index >= 15 is 0 Å². The van der Waals surface area contributed by atoms with Gasteiger partial charge in [-0.1, -0.05) is 58.4 Å². The molecule has 1 N–H and O–H groups in total. The van der Waals surface area contributed by atoms with Gasteiger partial charge < -0.3 is 5.32 Å². The van der Waals surface area contributed by atoms with Gasteiger partial charge in [0.2, 0.25) is 0 Å². The molecule has 0 amide bonds. The number of hydrogen-bond donors (Lipinski definition) is 1. The van der Waals surface area contributed by atoms with E-state index in [2.05, 4.69) is 91.8 Å². The standard InChI is InChI=1S/C21H22BrN3/c22-18-11-9-16(10-12-18)13-23-20-7-4-8-21-19(20)14-24-25(21)15-17-5-2-1-3-6-17/h1-3,5-6,9-12,14,20,23H,4,7-8,13,15H2/t20-/m1/s1. The number of hydrogen-bond acceptors (Lipinski definition) is 2. The van der Waals surface area contributed by atoms with Crippen molar-refractivity contribution < 1.29 is 0 Å². The molecular weight excluding hydrogens is 374 g/mol. The number of halogens is 1. The summed E-state index contributed by atoms with van der Waals surface area (Å²) in [6.45, 7) is 1.75. The van der Waals surface area contributed by atoms with Crippen molar-refractivity contribution in [2.24, 2.45) is 0 Å². The van der Waals surface area contributed by atoms with Crippen LogP contribution in [0.25, 0.3) is 0 Å². The number of nitrogens with zero attached hydrogens (tertiary/aromatic N) is 2. The Balaban J connectivity index is 1.47. The van der Waals surface area contributed by atoms with Crippen LogP contribution in [0.3, 0.4) is 0 Å². The predicted molar refractivity (Wildman–Crippen MR) is 104 cm³/mol. The van der Waals surface area contributed by atoms with E-state index in [9.17, 15) is 0 Å². The van der Waals surface area contributed by atoms with Crippen molar-refractivity contribution in [2.45, 2.75) is 38.4 Å². The summed E-state index contributed by atoms with van der Waals surface area (Å²) >= 11 is 3.49. The van der Waals surface area contributed by atoms with Crippen LogP contribution in [0, 0.1) is 0 Å². The number of nitrogens with one attached hydrogen (secondary N) is 1. The van der Waals surface area contributed by atoms with Crippen LogP contribution in [-0.4, -0.2) is 9.78 Å². The Labute approximate surface area is 157 Å². The van der Waals surface area contributed by atoms with Gasteiger partial charge in [-0.2, -0.15) is 5.10 Å². The molecule has 3 nitrogen and oxygen atoms in total. The molecule has 0 radical (unpaired) electrons. The lowest BCUT2D eigenvalue weighted by molar-refractivity contribution is 0.449. The van der Waals surface area contributed by atoms with E-state index in [1.807, 2.05) is 0 Å². The first-order chi connectivity index (χ1) is 12.3. The Morgan fingerprint density at radius 3 is 2.64 bits per heavy atom. The summed E-state index contributed by atoms with van der Waals surface area (Å²) in [6.07, 6.45) is 5.58. The second kappa shape index (κ2) is 7.54. The van der Waals surface area contributed by atoms with Crippen LogP contribution in [-0.2, 0) is 19.5 Å². The molecule has 1 atom stereocenters. The van der Waals surface area contributed by atoms with Gasteiger partial charge in [0.25, 0.3) is 0 Å². The molecule has 1 aliphatic rings. The molecule has 1 heterocycles. The van der Waals surface area contributed by atoms with Crippen LogP contribution < -0.4 is 5.32 Å². The highest BCUT2D eigenvalue weighted by molar-refractivity contribution is 9.10. The molecule has 4 heteroatoms. The van der Waals surface area contributed by atoms with E-state index in [-0.39, 0.29) is 0 Å². The fraction of sp³-hybridized carbons (Fsp3) is 0.286. The topological polar surface area (TPSA) is 29.9 Å². The average Bonchev–Trinajstić information content (AvgIpc) is 3.06. The van der Waals surface area contributed by atoms with Crippen molar-refractivity contribution in [3.8, 4) is 0 Å². The van der Waals surface area contributed by atoms with Crippen molar-refractivity contribution in [1.29, 1.82) is 0 Å². The summed E-state index contributed by atoms with van der Waals surface area (Å²) in [5.41, 5.74) is 5.38. The highest BCUT2D eigenvalue weighted by Crippen LogP contribution is 2.30. The molecule has 0 aliphatic heterocycles. The molecule has 0 fully saturated rings. The number of aromatic nitrogens is 2. The molecule has 25 heavy (non-hydrogen) atoms. The second-order valence-corrected chi connectivity index (χ2v) is 7.56. The van der Waals surface area contributed by atoms with Crippen molar-refractivity contribution in [3.05, 3.63) is 87.7 Å². The van der Waals surface area contributed by atoms with Gasteiger partial charge in [0.05, 0.1) is 12.7 Å². The maximum absolute atomic E-state index is 4.68. The number of fused-ring (bicyclic) bond motifs is 1. The Morgan fingerprint density at radius 2 is 1.84 bits per heavy atom. The summed E-state index contributed by atoms with van der Waals surface area (Å²) in [5.74, 6) is 0. The maximum atomic E-state index is 4.68. The molecule has 0 saturated carbocycles. The van der Waals surface area contributed by atoms with Crippen LogP contribution in [0.15, 0.2) is 65.3 Å². The number of rotatable bonds is 5. The van der Waals surface area contributed by atoms with Crippen LogP contribution in [0.2, 0.25) is 0 Å². The lowest BCUT2D eigenvalue weighted by Gasteiger charge is -2.24. The highest BCUT2D eigenvalue weighted by Gasteiger charge is 2.23. The Hall–Kier alpha value is -1.91.